The fourth-order valence-corrected chi connectivity index (χ4v) is 1.43. The van der Waals surface area contributed by atoms with Gasteiger partial charge in [-0.3, -0.25) is 4.79 Å². The van der Waals surface area contributed by atoms with Gasteiger partial charge in [-0.25, -0.2) is 0 Å². The van der Waals surface area contributed by atoms with E-state index in [0.29, 0.717) is 6.42 Å². The van der Waals surface area contributed by atoms with Gasteiger partial charge in [0.25, 0.3) is 0 Å². The highest BCUT2D eigenvalue weighted by molar-refractivity contribution is 14.1. The van der Waals surface area contributed by atoms with Crippen LogP contribution in [-0.2, 0) is 4.79 Å². The molecule has 0 aliphatic rings. The van der Waals surface area contributed by atoms with Crippen LogP contribution < -0.4 is 5.32 Å². The zero-order valence-electron chi connectivity index (χ0n) is 8.44. The first kappa shape index (κ1) is 13.2. The molecule has 78 valence electrons. The van der Waals surface area contributed by atoms with Crippen molar-refractivity contribution in [3.63, 3.8) is 0 Å². The third-order valence-electron chi connectivity index (χ3n) is 1.92. The summed E-state index contributed by atoms with van der Waals surface area (Å²) in [4.78, 5) is 11.1. The Morgan fingerprint density at radius 1 is 1.23 bits per heavy atom. The molecule has 0 saturated carbocycles. The molecule has 0 unspecified atom stereocenters. The number of carbonyl (C=O) groups is 1. The summed E-state index contributed by atoms with van der Waals surface area (Å²) >= 11 is 2.26. The molecule has 0 aliphatic carbocycles. The lowest BCUT2D eigenvalue weighted by molar-refractivity contribution is -0.121. The number of hydrogen-bond donors (Lipinski definition) is 1. The highest BCUT2D eigenvalue weighted by Crippen LogP contribution is 2.04. The Morgan fingerprint density at radius 2 is 1.92 bits per heavy atom. The van der Waals surface area contributed by atoms with Crippen molar-refractivity contribution >= 4 is 28.5 Å². The van der Waals surface area contributed by atoms with Gasteiger partial charge in [0.05, 0.1) is 0 Å². The van der Waals surface area contributed by atoms with Crippen LogP contribution in [0.2, 0.25) is 0 Å². The van der Waals surface area contributed by atoms with Crippen molar-refractivity contribution in [3.05, 3.63) is 0 Å². The van der Waals surface area contributed by atoms with E-state index in [9.17, 15) is 4.79 Å². The Bertz CT molecular complexity index is 128. The fraction of sp³-hybridized carbons (Fsp3) is 0.900. The molecule has 0 aromatic carbocycles. The summed E-state index contributed by atoms with van der Waals surface area (Å²) in [5, 5.41) is 2.88. The van der Waals surface area contributed by atoms with Gasteiger partial charge in [-0.05, 0) is 6.42 Å². The fourth-order valence-electron chi connectivity index (χ4n) is 1.16. The standard InChI is InChI=1S/C10H20INO/c1-2-3-4-5-6-7-10(13)12-9-8-11/h2-9H2,1H3,(H,12,13). The number of halogens is 1. The van der Waals surface area contributed by atoms with Crippen LogP contribution in [0.3, 0.4) is 0 Å². The number of rotatable bonds is 8. The number of amides is 1. The Labute approximate surface area is 95.0 Å². The van der Waals surface area contributed by atoms with Crippen molar-refractivity contribution in [1.29, 1.82) is 0 Å². The largest absolute Gasteiger partial charge is 0.355 e. The molecule has 0 radical (unpaired) electrons. The minimum atomic E-state index is 0.216. The molecule has 1 N–H and O–H groups in total. The summed E-state index contributed by atoms with van der Waals surface area (Å²) in [7, 11) is 0. The molecule has 2 nitrogen and oxygen atoms in total. The van der Waals surface area contributed by atoms with E-state index in [0.717, 1.165) is 17.4 Å². The summed E-state index contributed by atoms with van der Waals surface area (Å²) in [5.41, 5.74) is 0. The zero-order chi connectivity index (χ0) is 9.94. The summed E-state index contributed by atoms with van der Waals surface area (Å²) in [5.74, 6) is 0.216. The first-order valence-corrected chi connectivity index (χ1v) is 6.66. The van der Waals surface area contributed by atoms with E-state index in [1.807, 2.05) is 0 Å². The van der Waals surface area contributed by atoms with Crippen molar-refractivity contribution in [2.45, 2.75) is 45.4 Å². The SMILES string of the molecule is CCCCCCCC(=O)NCCI. The first-order chi connectivity index (χ1) is 6.31. The van der Waals surface area contributed by atoms with Crippen LogP contribution in [0.25, 0.3) is 0 Å². The van der Waals surface area contributed by atoms with Gasteiger partial charge in [0.15, 0.2) is 0 Å². The Hall–Kier alpha value is 0.200. The molecule has 13 heavy (non-hydrogen) atoms. The van der Waals surface area contributed by atoms with Crippen molar-refractivity contribution in [1.82, 2.24) is 5.32 Å². The average Bonchev–Trinajstić information content (AvgIpc) is 2.14. The Balaban J connectivity index is 3.08. The van der Waals surface area contributed by atoms with Gasteiger partial charge in [-0.1, -0.05) is 55.2 Å². The highest BCUT2D eigenvalue weighted by Gasteiger charge is 1.98. The van der Waals surface area contributed by atoms with E-state index in [1.54, 1.807) is 0 Å². The molecule has 1 amide bonds. The van der Waals surface area contributed by atoms with Crippen LogP contribution >= 0.6 is 22.6 Å². The number of hydrogen-bond acceptors (Lipinski definition) is 1. The molecular formula is C10H20INO. The minimum absolute atomic E-state index is 0.216. The van der Waals surface area contributed by atoms with E-state index in [-0.39, 0.29) is 5.91 Å². The topological polar surface area (TPSA) is 29.1 Å². The molecule has 0 bridgehead atoms. The molecule has 0 aliphatic heterocycles. The lowest BCUT2D eigenvalue weighted by Gasteiger charge is -2.02. The quantitative estimate of drug-likeness (QED) is 0.416. The molecule has 0 atom stereocenters. The number of unbranched alkanes of at least 4 members (excludes halogenated alkanes) is 4. The lowest BCUT2D eigenvalue weighted by atomic mass is 10.1. The molecule has 0 rings (SSSR count). The van der Waals surface area contributed by atoms with Gasteiger partial charge in [-0.2, -0.15) is 0 Å². The Morgan fingerprint density at radius 3 is 2.54 bits per heavy atom. The summed E-state index contributed by atoms with van der Waals surface area (Å²) in [6.07, 6.45) is 6.80. The van der Waals surface area contributed by atoms with Crippen LogP contribution in [-0.4, -0.2) is 16.9 Å². The molecule has 0 heterocycles. The molecule has 0 saturated heterocycles. The van der Waals surface area contributed by atoms with Crippen LogP contribution in [0.15, 0.2) is 0 Å². The van der Waals surface area contributed by atoms with Crippen LogP contribution in [0.4, 0.5) is 0 Å². The van der Waals surface area contributed by atoms with Gasteiger partial charge in [0.1, 0.15) is 0 Å². The molecule has 0 aromatic heterocycles. The Kier molecular flexibility index (Phi) is 10.4. The second-order valence-electron chi connectivity index (χ2n) is 3.20. The van der Waals surface area contributed by atoms with Gasteiger partial charge in [0.2, 0.25) is 5.91 Å². The lowest BCUT2D eigenvalue weighted by Crippen LogP contribution is -2.24. The summed E-state index contributed by atoms with van der Waals surface area (Å²) in [6.45, 7) is 3.02. The second kappa shape index (κ2) is 10.3. The third kappa shape index (κ3) is 10.1. The molecular weight excluding hydrogens is 277 g/mol. The van der Waals surface area contributed by atoms with Gasteiger partial charge < -0.3 is 5.32 Å². The summed E-state index contributed by atoms with van der Waals surface area (Å²) in [6, 6.07) is 0. The van der Waals surface area contributed by atoms with Crippen LogP contribution in [0.1, 0.15) is 45.4 Å². The molecule has 0 aromatic rings. The molecule has 0 fully saturated rings. The molecule has 3 heteroatoms. The first-order valence-electron chi connectivity index (χ1n) is 5.14. The van der Waals surface area contributed by atoms with E-state index in [2.05, 4.69) is 34.8 Å². The maximum Gasteiger partial charge on any atom is 0.220 e. The molecule has 0 spiro atoms. The number of alkyl halides is 1. The third-order valence-corrected chi connectivity index (χ3v) is 2.46. The monoisotopic (exact) mass is 297 g/mol. The summed E-state index contributed by atoms with van der Waals surface area (Å²) < 4.78 is 0.999. The van der Waals surface area contributed by atoms with Crippen molar-refractivity contribution in [2.75, 3.05) is 11.0 Å². The highest BCUT2D eigenvalue weighted by atomic mass is 127. The van der Waals surface area contributed by atoms with E-state index >= 15 is 0 Å². The maximum atomic E-state index is 11.1. The van der Waals surface area contributed by atoms with E-state index in [1.165, 1.54) is 25.7 Å². The van der Waals surface area contributed by atoms with E-state index < -0.39 is 0 Å². The average molecular weight is 297 g/mol. The normalized spacial score (nSPS) is 10.0. The number of carbonyl (C=O) groups excluding carboxylic acids is 1. The zero-order valence-corrected chi connectivity index (χ0v) is 10.6. The second-order valence-corrected chi connectivity index (χ2v) is 4.28. The van der Waals surface area contributed by atoms with Crippen molar-refractivity contribution < 1.29 is 4.79 Å². The van der Waals surface area contributed by atoms with Crippen molar-refractivity contribution in [2.24, 2.45) is 0 Å². The number of nitrogens with one attached hydrogen (secondary N) is 1. The predicted octanol–water partition coefficient (Wildman–Crippen LogP) is 2.90. The van der Waals surface area contributed by atoms with Crippen LogP contribution in [0.5, 0.6) is 0 Å². The van der Waals surface area contributed by atoms with Crippen molar-refractivity contribution in [3.8, 4) is 0 Å². The van der Waals surface area contributed by atoms with E-state index in [4.69, 9.17) is 0 Å². The smallest absolute Gasteiger partial charge is 0.220 e. The van der Waals surface area contributed by atoms with Crippen LogP contribution in [0, 0.1) is 0 Å². The maximum absolute atomic E-state index is 11.1. The van der Waals surface area contributed by atoms with Gasteiger partial charge in [-0.15, -0.1) is 0 Å². The van der Waals surface area contributed by atoms with Gasteiger partial charge >= 0.3 is 0 Å². The van der Waals surface area contributed by atoms with Gasteiger partial charge in [0, 0.05) is 17.4 Å². The minimum Gasteiger partial charge on any atom is -0.355 e. The predicted molar refractivity (Wildman–Crippen MR) is 65.3 cm³/mol.